The number of nitrogens with zero attached hydrogens (tertiary/aromatic N) is 2. The van der Waals surface area contributed by atoms with Crippen LogP contribution in [0.15, 0.2) is 12.1 Å². The molecule has 0 spiro atoms. The summed E-state index contributed by atoms with van der Waals surface area (Å²) in [5.74, 6) is 2.93. The van der Waals surface area contributed by atoms with Gasteiger partial charge in [0.15, 0.2) is 0 Å². The summed E-state index contributed by atoms with van der Waals surface area (Å²) in [4.78, 5) is 6.63. The number of hydrogen-bond acceptors (Lipinski definition) is 4. The molecule has 0 radical (unpaired) electrons. The molecule has 0 amide bonds. The second kappa shape index (κ2) is 5.05. The Morgan fingerprint density at radius 2 is 2.13 bits per heavy atom. The molecular formula is C10H14ClN3S. The highest BCUT2D eigenvalue weighted by atomic mass is 35.5. The molecule has 0 atom stereocenters. The Hall–Kier alpha value is -0.450. The van der Waals surface area contributed by atoms with E-state index in [0.29, 0.717) is 10.8 Å². The van der Waals surface area contributed by atoms with Crippen molar-refractivity contribution in [2.75, 3.05) is 30.3 Å². The van der Waals surface area contributed by atoms with Gasteiger partial charge in [0, 0.05) is 31.1 Å². The van der Waals surface area contributed by atoms with Gasteiger partial charge < -0.3 is 5.73 Å². The largest absolute Gasteiger partial charge is 0.384 e. The number of halogens is 1. The van der Waals surface area contributed by atoms with Crippen LogP contribution in [-0.4, -0.2) is 34.5 Å². The lowest BCUT2D eigenvalue weighted by atomic mass is 10.3. The SMILES string of the molecule is Nc1ccc(Cl)c(CN2CCSCC2)n1. The Morgan fingerprint density at radius 1 is 1.40 bits per heavy atom. The van der Waals surface area contributed by atoms with E-state index in [-0.39, 0.29) is 0 Å². The second-order valence-electron chi connectivity index (χ2n) is 3.55. The number of nitrogen functional groups attached to an aromatic ring is 1. The highest BCUT2D eigenvalue weighted by molar-refractivity contribution is 7.99. The zero-order valence-corrected chi connectivity index (χ0v) is 10.0. The molecule has 3 nitrogen and oxygen atoms in total. The maximum Gasteiger partial charge on any atom is 0.123 e. The van der Waals surface area contributed by atoms with Crippen molar-refractivity contribution in [3.63, 3.8) is 0 Å². The van der Waals surface area contributed by atoms with Crippen LogP contribution >= 0.6 is 23.4 Å². The van der Waals surface area contributed by atoms with Gasteiger partial charge in [-0.1, -0.05) is 11.6 Å². The van der Waals surface area contributed by atoms with E-state index in [9.17, 15) is 0 Å². The molecule has 15 heavy (non-hydrogen) atoms. The molecule has 0 aromatic carbocycles. The number of aromatic nitrogens is 1. The van der Waals surface area contributed by atoms with E-state index >= 15 is 0 Å². The standard InChI is InChI=1S/C10H14ClN3S/c11-8-1-2-10(12)13-9(8)7-14-3-5-15-6-4-14/h1-2H,3-7H2,(H2,12,13). The molecular weight excluding hydrogens is 230 g/mol. The average molecular weight is 244 g/mol. The Labute approximate surface area is 99.0 Å². The summed E-state index contributed by atoms with van der Waals surface area (Å²) >= 11 is 8.06. The lowest BCUT2D eigenvalue weighted by Gasteiger charge is -2.25. The highest BCUT2D eigenvalue weighted by Crippen LogP contribution is 2.19. The van der Waals surface area contributed by atoms with Gasteiger partial charge in [-0.25, -0.2) is 4.98 Å². The monoisotopic (exact) mass is 243 g/mol. The fourth-order valence-electron chi connectivity index (χ4n) is 1.58. The molecule has 0 bridgehead atoms. The van der Waals surface area contributed by atoms with Gasteiger partial charge >= 0.3 is 0 Å². The lowest BCUT2D eigenvalue weighted by Crippen LogP contribution is -2.32. The molecule has 2 N–H and O–H groups in total. The summed E-state index contributed by atoms with van der Waals surface area (Å²) in [6.07, 6.45) is 0. The fraction of sp³-hybridized carbons (Fsp3) is 0.500. The van der Waals surface area contributed by atoms with Crippen molar-refractivity contribution in [1.29, 1.82) is 0 Å². The molecule has 2 rings (SSSR count). The van der Waals surface area contributed by atoms with Crippen molar-refractivity contribution in [2.24, 2.45) is 0 Å². The van der Waals surface area contributed by atoms with Gasteiger partial charge in [-0.2, -0.15) is 11.8 Å². The molecule has 0 saturated carbocycles. The van der Waals surface area contributed by atoms with Crippen LogP contribution in [0.2, 0.25) is 5.02 Å². The van der Waals surface area contributed by atoms with E-state index in [1.54, 1.807) is 6.07 Å². The first-order valence-electron chi connectivity index (χ1n) is 4.97. The molecule has 1 aliphatic heterocycles. The highest BCUT2D eigenvalue weighted by Gasteiger charge is 2.13. The first-order valence-corrected chi connectivity index (χ1v) is 6.50. The molecule has 0 unspecified atom stereocenters. The Bertz CT molecular complexity index is 339. The number of hydrogen-bond donors (Lipinski definition) is 1. The number of pyridine rings is 1. The van der Waals surface area contributed by atoms with Gasteiger partial charge in [-0.3, -0.25) is 4.90 Å². The van der Waals surface area contributed by atoms with E-state index in [4.69, 9.17) is 17.3 Å². The van der Waals surface area contributed by atoms with E-state index in [0.717, 1.165) is 25.3 Å². The maximum atomic E-state index is 6.07. The van der Waals surface area contributed by atoms with Crippen LogP contribution in [0.1, 0.15) is 5.69 Å². The summed E-state index contributed by atoms with van der Waals surface area (Å²) < 4.78 is 0. The third-order valence-electron chi connectivity index (χ3n) is 2.42. The topological polar surface area (TPSA) is 42.1 Å². The van der Waals surface area contributed by atoms with Crippen LogP contribution in [0.25, 0.3) is 0 Å². The average Bonchev–Trinajstić information content (AvgIpc) is 2.25. The number of rotatable bonds is 2. The molecule has 1 aromatic rings. The van der Waals surface area contributed by atoms with E-state index in [2.05, 4.69) is 9.88 Å². The van der Waals surface area contributed by atoms with Gasteiger partial charge in [0.1, 0.15) is 5.82 Å². The minimum Gasteiger partial charge on any atom is -0.384 e. The van der Waals surface area contributed by atoms with Crippen LogP contribution in [0.3, 0.4) is 0 Å². The predicted molar refractivity (Wildman–Crippen MR) is 66.3 cm³/mol. The van der Waals surface area contributed by atoms with Crippen LogP contribution in [0.5, 0.6) is 0 Å². The van der Waals surface area contributed by atoms with E-state index in [1.807, 2.05) is 17.8 Å². The zero-order valence-electron chi connectivity index (χ0n) is 8.45. The number of anilines is 1. The molecule has 0 aliphatic carbocycles. The Kier molecular flexibility index (Phi) is 3.72. The molecule has 1 aromatic heterocycles. The van der Waals surface area contributed by atoms with Crippen LogP contribution < -0.4 is 5.73 Å². The number of thioether (sulfide) groups is 1. The third kappa shape index (κ3) is 3.00. The van der Waals surface area contributed by atoms with Gasteiger partial charge in [-0.05, 0) is 12.1 Å². The third-order valence-corrected chi connectivity index (χ3v) is 3.70. The molecule has 1 saturated heterocycles. The predicted octanol–water partition coefficient (Wildman–Crippen LogP) is 1.87. The van der Waals surface area contributed by atoms with E-state index in [1.165, 1.54) is 11.5 Å². The van der Waals surface area contributed by atoms with Crippen molar-refractivity contribution in [3.05, 3.63) is 22.8 Å². The van der Waals surface area contributed by atoms with Crippen molar-refractivity contribution >= 4 is 29.2 Å². The summed E-state index contributed by atoms with van der Waals surface area (Å²) in [7, 11) is 0. The lowest BCUT2D eigenvalue weighted by molar-refractivity contribution is 0.291. The minimum atomic E-state index is 0.542. The summed E-state index contributed by atoms with van der Waals surface area (Å²) in [6.45, 7) is 3.03. The van der Waals surface area contributed by atoms with Crippen LogP contribution in [0.4, 0.5) is 5.82 Å². The van der Waals surface area contributed by atoms with Crippen molar-refractivity contribution < 1.29 is 0 Å². The first kappa shape index (κ1) is 11.0. The van der Waals surface area contributed by atoms with Crippen molar-refractivity contribution in [2.45, 2.75) is 6.54 Å². The molecule has 82 valence electrons. The molecule has 1 fully saturated rings. The van der Waals surface area contributed by atoms with Crippen LogP contribution in [-0.2, 0) is 6.54 Å². The molecule has 5 heteroatoms. The fourth-order valence-corrected chi connectivity index (χ4v) is 2.73. The van der Waals surface area contributed by atoms with Gasteiger partial charge in [0.05, 0.1) is 10.7 Å². The summed E-state index contributed by atoms with van der Waals surface area (Å²) in [5.41, 5.74) is 6.53. The van der Waals surface area contributed by atoms with Crippen LogP contribution in [0, 0.1) is 0 Å². The second-order valence-corrected chi connectivity index (χ2v) is 5.19. The first-order chi connectivity index (χ1) is 7.25. The molecule has 1 aliphatic rings. The Morgan fingerprint density at radius 3 is 2.87 bits per heavy atom. The quantitative estimate of drug-likeness (QED) is 0.861. The summed E-state index contributed by atoms with van der Waals surface area (Å²) in [5, 5.41) is 0.711. The summed E-state index contributed by atoms with van der Waals surface area (Å²) in [6, 6.07) is 3.55. The van der Waals surface area contributed by atoms with Gasteiger partial charge in [0.25, 0.3) is 0 Å². The van der Waals surface area contributed by atoms with Gasteiger partial charge in [0.2, 0.25) is 0 Å². The minimum absolute atomic E-state index is 0.542. The zero-order chi connectivity index (χ0) is 10.7. The normalized spacial score (nSPS) is 17.9. The van der Waals surface area contributed by atoms with E-state index < -0.39 is 0 Å². The van der Waals surface area contributed by atoms with Gasteiger partial charge in [-0.15, -0.1) is 0 Å². The smallest absolute Gasteiger partial charge is 0.123 e. The number of nitrogens with two attached hydrogens (primary N) is 1. The maximum absolute atomic E-state index is 6.07. The Balaban J connectivity index is 2.05. The molecule has 2 heterocycles. The van der Waals surface area contributed by atoms with Crippen molar-refractivity contribution in [3.8, 4) is 0 Å². The van der Waals surface area contributed by atoms with Crippen molar-refractivity contribution in [1.82, 2.24) is 9.88 Å².